The van der Waals surface area contributed by atoms with Crippen molar-refractivity contribution >= 4 is 23.6 Å². The zero-order chi connectivity index (χ0) is 25.8. The van der Waals surface area contributed by atoms with E-state index < -0.39 is 30.1 Å². The number of carbonyl (C=O) groups excluding carboxylic acids is 4. The van der Waals surface area contributed by atoms with Crippen molar-refractivity contribution in [2.45, 2.75) is 89.9 Å². The zero-order valence-electron chi connectivity index (χ0n) is 21.3. The van der Waals surface area contributed by atoms with E-state index in [0.717, 1.165) is 0 Å². The number of amides is 2. The Kier molecular flexibility index (Phi) is 13.3. The third-order valence-electron chi connectivity index (χ3n) is 6.35. The van der Waals surface area contributed by atoms with Crippen LogP contribution in [-0.4, -0.2) is 85.0 Å². The number of aliphatic hydroxyl groups excluding tert-OH is 1. The fourth-order valence-corrected chi connectivity index (χ4v) is 4.35. The molecule has 5 N–H and O–H groups in total. The van der Waals surface area contributed by atoms with Crippen LogP contribution in [0.1, 0.15) is 65.7 Å². The zero-order valence-corrected chi connectivity index (χ0v) is 21.3. The molecule has 196 valence electrons. The van der Waals surface area contributed by atoms with Gasteiger partial charge in [-0.05, 0) is 65.0 Å². The number of esters is 1. The third kappa shape index (κ3) is 8.96. The lowest BCUT2D eigenvalue weighted by atomic mass is 9.92. The average molecular weight is 485 g/mol. The number of likely N-dealkylation sites (tertiary alicyclic amines) is 1. The minimum Gasteiger partial charge on any atom is -0.469 e. The van der Waals surface area contributed by atoms with Crippen LogP contribution in [0.5, 0.6) is 0 Å². The summed E-state index contributed by atoms with van der Waals surface area (Å²) in [4.78, 5) is 53.0. The number of hydrogen-bond acceptors (Lipinski definition) is 8. The van der Waals surface area contributed by atoms with Crippen molar-refractivity contribution < 1.29 is 29.0 Å². The molecule has 0 aromatic carbocycles. The molecular formula is C24H44N4O6. The topological polar surface area (TPSA) is 151 Å². The van der Waals surface area contributed by atoms with Crippen LogP contribution < -0.4 is 16.4 Å². The SMILES string of the molecule is CN[C@@H](CC(C)C)C(=O)N1CCC[C@H]1C(=O)N[C@@H](CCCCN)C(=O)C[C@H](C(=O)OC)C(C)O. The van der Waals surface area contributed by atoms with Crippen molar-refractivity contribution in [2.24, 2.45) is 17.6 Å². The summed E-state index contributed by atoms with van der Waals surface area (Å²) in [6, 6.07) is -1.85. The van der Waals surface area contributed by atoms with Gasteiger partial charge in [0, 0.05) is 13.0 Å². The minimum absolute atomic E-state index is 0.111. The van der Waals surface area contributed by atoms with Crippen LogP contribution in [0.4, 0.5) is 0 Å². The largest absolute Gasteiger partial charge is 0.469 e. The molecule has 10 heteroatoms. The van der Waals surface area contributed by atoms with Gasteiger partial charge in [0.05, 0.1) is 31.2 Å². The molecule has 1 aliphatic rings. The predicted molar refractivity (Wildman–Crippen MR) is 129 cm³/mol. The van der Waals surface area contributed by atoms with Crippen LogP contribution in [0.15, 0.2) is 0 Å². The van der Waals surface area contributed by atoms with E-state index in [9.17, 15) is 24.3 Å². The van der Waals surface area contributed by atoms with Gasteiger partial charge in [-0.3, -0.25) is 19.2 Å². The Balaban J connectivity index is 2.97. The molecule has 1 fully saturated rings. The molecule has 0 spiro atoms. The predicted octanol–water partition coefficient (Wildman–Crippen LogP) is 0.355. The number of hydrogen-bond donors (Lipinski definition) is 4. The number of likely N-dealkylation sites (N-methyl/N-ethyl adjacent to an activating group) is 1. The van der Waals surface area contributed by atoms with Gasteiger partial charge in [-0.1, -0.05) is 13.8 Å². The number of methoxy groups -OCH3 is 1. The number of nitrogens with zero attached hydrogens (tertiary/aromatic N) is 1. The molecule has 1 saturated heterocycles. The lowest BCUT2D eigenvalue weighted by molar-refractivity contribution is -0.151. The van der Waals surface area contributed by atoms with Gasteiger partial charge in [0.1, 0.15) is 6.04 Å². The van der Waals surface area contributed by atoms with Crippen LogP contribution in [-0.2, 0) is 23.9 Å². The van der Waals surface area contributed by atoms with Crippen molar-refractivity contribution in [3.63, 3.8) is 0 Å². The highest BCUT2D eigenvalue weighted by Crippen LogP contribution is 2.21. The number of aliphatic hydroxyl groups is 1. The van der Waals surface area contributed by atoms with Crippen LogP contribution in [0, 0.1) is 11.8 Å². The van der Waals surface area contributed by atoms with E-state index in [1.165, 1.54) is 14.0 Å². The third-order valence-corrected chi connectivity index (χ3v) is 6.35. The van der Waals surface area contributed by atoms with Gasteiger partial charge in [-0.2, -0.15) is 0 Å². The molecule has 1 heterocycles. The van der Waals surface area contributed by atoms with Crippen LogP contribution in [0.2, 0.25) is 0 Å². The number of rotatable bonds is 15. The van der Waals surface area contributed by atoms with Crippen LogP contribution in [0.3, 0.4) is 0 Å². The quantitative estimate of drug-likeness (QED) is 0.192. The first-order valence-corrected chi connectivity index (χ1v) is 12.3. The molecular weight excluding hydrogens is 440 g/mol. The van der Waals surface area contributed by atoms with E-state index in [-0.39, 0.29) is 30.1 Å². The fraction of sp³-hybridized carbons (Fsp3) is 0.833. The molecule has 0 aliphatic carbocycles. The van der Waals surface area contributed by atoms with E-state index in [4.69, 9.17) is 10.5 Å². The van der Waals surface area contributed by atoms with Crippen molar-refractivity contribution in [3.8, 4) is 0 Å². The number of ketones is 1. The molecule has 2 amide bonds. The summed E-state index contributed by atoms with van der Waals surface area (Å²) >= 11 is 0. The fourth-order valence-electron chi connectivity index (χ4n) is 4.35. The Labute approximate surface area is 203 Å². The maximum Gasteiger partial charge on any atom is 0.311 e. The first-order chi connectivity index (χ1) is 16.1. The molecule has 10 nitrogen and oxygen atoms in total. The van der Waals surface area contributed by atoms with Gasteiger partial charge >= 0.3 is 5.97 Å². The summed E-state index contributed by atoms with van der Waals surface area (Å²) in [6.45, 7) is 6.45. The normalized spacial score (nSPS) is 19.4. The van der Waals surface area contributed by atoms with Gasteiger partial charge in [0.15, 0.2) is 5.78 Å². The summed E-state index contributed by atoms with van der Waals surface area (Å²) in [6.07, 6.45) is 2.24. The number of nitrogens with one attached hydrogen (secondary N) is 2. The number of Topliss-reactive ketones (excluding diaryl/α,β-unsaturated/α-hetero) is 1. The number of unbranched alkanes of at least 4 members (excludes halogenated alkanes) is 1. The molecule has 0 aromatic rings. The van der Waals surface area contributed by atoms with Crippen molar-refractivity contribution in [1.29, 1.82) is 0 Å². The second-order valence-electron chi connectivity index (χ2n) is 9.55. The van der Waals surface area contributed by atoms with Gasteiger partial charge in [0.25, 0.3) is 0 Å². The average Bonchev–Trinajstić information content (AvgIpc) is 3.29. The van der Waals surface area contributed by atoms with Gasteiger partial charge in [-0.25, -0.2) is 0 Å². The van der Waals surface area contributed by atoms with Crippen molar-refractivity contribution in [3.05, 3.63) is 0 Å². The summed E-state index contributed by atoms with van der Waals surface area (Å²) in [5.41, 5.74) is 5.58. The number of nitrogens with two attached hydrogens (primary N) is 1. The maximum atomic E-state index is 13.2. The van der Waals surface area contributed by atoms with Crippen LogP contribution in [0.25, 0.3) is 0 Å². The lowest BCUT2D eigenvalue weighted by Crippen LogP contribution is -2.54. The number of carbonyl (C=O) groups is 4. The molecule has 34 heavy (non-hydrogen) atoms. The highest BCUT2D eigenvalue weighted by atomic mass is 16.5. The maximum absolute atomic E-state index is 13.2. The Bertz CT molecular complexity index is 684. The van der Waals surface area contributed by atoms with Crippen molar-refractivity contribution in [1.82, 2.24) is 15.5 Å². The molecule has 1 aliphatic heterocycles. The molecule has 0 aromatic heterocycles. The Hall–Kier alpha value is -2.04. The monoisotopic (exact) mass is 484 g/mol. The Morgan fingerprint density at radius 1 is 1.15 bits per heavy atom. The number of ether oxygens (including phenoxy) is 1. The van der Waals surface area contributed by atoms with E-state index in [2.05, 4.69) is 10.6 Å². The second-order valence-corrected chi connectivity index (χ2v) is 9.55. The van der Waals surface area contributed by atoms with Crippen molar-refractivity contribution in [2.75, 3.05) is 27.2 Å². The smallest absolute Gasteiger partial charge is 0.311 e. The standard InChI is InChI=1S/C24H44N4O6/c1-15(2)13-19(26-4)23(32)28-12-8-10-20(28)22(31)27-18(9-6-7-11-25)21(30)14-17(16(3)29)24(33)34-5/h15-20,26,29H,6-14,25H2,1-5H3,(H,27,31)/t16?,17-,18-,19-,20-/m0/s1. The highest BCUT2D eigenvalue weighted by Gasteiger charge is 2.38. The molecule has 1 unspecified atom stereocenters. The van der Waals surface area contributed by atoms with Gasteiger partial charge < -0.3 is 31.1 Å². The molecule has 1 rings (SSSR count). The molecule has 5 atom stereocenters. The minimum atomic E-state index is -1.07. The summed E-state index contributed by atoms with van der Waals surface area (Å²) in [5, 5.41) is 15.8. The Morgan fingerprint density at radius 2 is 1.82 bits per heavy atom. The summed E-state index contributed by atoms with van der Waals surface area (Å²) < 4.78 is 4.71. The van der Waals surface area contributed by atoms with E-state index in [0.29, 0.717) is 57.5 Å². The summed E-state index contributed by atoms with van der Waals surface area (Å²) in [7, 11) is 2.94. The van der Waals surface area contributed by atoms with Gasteiger partial charge in [-0.15, -0.1) is 0 Å². The van der Waals surface area contributed by atoms with E-state index in [1.54, 1.807) is 11.9 Å². The molecule has 0 radical (unpaired) electrons. The Morgan fingerprint density at radius 3 is 2.35 bits per heavy atom. The van der Waals surface area contributed by atoms with E-state index in [1.807, 2.05) is 13.8 Å². The van der Waals surface area contributed by atoms with E-state index >= 15 is 0 Å². The first-order valence-electron chi connectivity index (χ1n) is 12.3. The molecule has 0 saturated carbocycles. The lowest BCUT2D eigenvalue weighted by Gasteiger charge is -2.30. The second kappa shape index (κ2) is 15.1. The summed E-state index contributed by atoms with van der Waals surface area (Å²) in [5.74, 6) is -2.21. The van der Waals surface area contributed by atoms with Gasteiger partial charge in [0.2, 0.25) is 11.8 Å². The first kappa shape index (κ1) is 30.0. The molecule has 0 bridgehead atoms. The van der Waals surface area contributed by atoms with Crippen LogP contribution >= 0.6 is 0 Å². The highest BCUT2D eigenvalue weighted by molar-refractivity contribution is 5.95.